The highest BCUT2D eigenvalue weighted by Gasteiger charge is 2.42. The first-order valence-corrected chi connectivity index (χ1v) is 24.3. The van der Waals surface area contributed by atoms with Gasteiger partial charge in [0.1, 0.15) is 0 Å². The van der Waals surface area contributed by atoms with Gasteiger partial charge in [-0.25, -0.2) is 0 Å². The second-order valence-electron chi connectivity index (χ2n) is 19.7. The second-order valence-corrected chi connectivity index (χ2v) is 19.7. The molecule has 69 heavy (non-hydrogen) atoms. The number of hydrogen-bond acceptors (Lipinski definition) is 0. The van der Waals surface area contributed by atoms with Crippen LogP contribution in [0.5, 0.6) is 0 Å². The minimum Gasteiger partial charge on any atom is -0.310 e. The molecule has 312 valence electrons. The van der Waals surface area contributed by atoms with Crippen molar-refractivity contribution in [2.75, 3.05) is 0 Å². The van der Waals surface area contributed by atoms with E-state index in [0.717, 1.165) is 0 Å². The van der Waals surface area contributed by atoms with Gasteiger partial charge in [0.2, 0.25) is 0 Å². The summed E-state index contributed by atoms with van der Waals surface area (Å²) in [6.07, 6.45) is 0. The first-order valence-electron chi connectivity index (χ1n) is 24.3. The summed E-state index contributed by atoms with van der Waals surface area (Å²) in [6, 6.07) is 81.1. The van der Waals surface area contributed by atoms with Crippen molar-refractivity contribution >= 4 is 164 Å². The minimum absolute atomic E-state index is 0.00154. The Kier molecular flexibility index (Phi) is 6.22. The van der Waals surface area contributed by atoms with Gasteiger partial charge in [-0.15, -0.1) is 0 Å². The molecule has 0 spiro atoms. The van der Waals surface area contributed by atoms with E-state index >= 15 is 0 Å². The van der Waals surface area contributed by atoms with Crippen LogP contribution in [0.25, 0.3) is 152 Å². The molecule has 0 unspecified atom stereocenters. The van der Waals surface area contributed by atoms with Crippen molar-refractivity contribution in [1.82, 2.24) is 9.13 Å². The molecule has 0 atom stereocenters. The van der Waals surface area contributed by atoms with Crippen LogP contribution in [0.15, 0.2) is 212 Å². The fraction of sp³-hybridized carbons (Fsp3) is 0. The highest BCUT2D eigenvalue weighted by atomic mass is 15.0. The molecule has 0 radical (unpaired) electrons. The molecule has 0 amide bonds. The monoisotopic (exact) mass is 866 g/mol. The van der Waals surface area contributed by atoms with Crippen LogP contribution in [0, 0.1) is 0 Å². The number of hydrogen-bond donors (Lipinski definition) is 0. The first kappa shape index (κ1) is 35.3. The van der Waals surface area contributed by atoms with Gasteiger partial charge in [0.25, 0.3) is 6.71 Å². The van der Waals surface area contributed by atoms with Gasteiger partial charge >= 0.3 is 0 Å². The van der Waals surface area contributed by atoms with Crippen LogP contribution in [-0.2, 0) is 0 Å². The van der Waals surface area contributed by atoms with Gasteiger partial charge in [-0.1, -0.05) is 194 Å². The van der Waals surface area contributed by atoms with Gasteiger partial charge in [-0.3, -0.25) is 0 Å². The van der Waals surface area contributed by atoms with Crippen LogP contribution >= 0.6 is 0 Å². The molecule has 0 bridgehead atoms. The fourth-order valence-corrected chi connectivity index (χ4v) is 14.3. The molecule has 0 saturated carbocycles. The van der Waals surface area contributed by atoms with E-state index in [4.69, 9.17) is 0 Å². The van der Waals surface area contributed by atoms with Crippen LogP contribution < -0.4 is 16.4 Å². The molecule has 2 aromatic heterocycles. The smallest absolute Gasteiger partial charge is 0.252 e. The highest BCUT2D eigenvalue weighted by Crippen LogP contribution is 2.50. The maximum atomic E-state index is 2.68. The Morgan fingerprint density at radius 2 is 0.623 bits per heavy atom. The molecule has 0 N–H and O–H groups in total. The molecular formula is C66H35BN2. The summed E-state index contributed by atoms with van der Waals surface area (Å²) in [5.41, 5.74) is 11.8. The molecule has 2 aliphatic heterocycles. The average molecular weight is 867 g/mol. The van der Waals surface area contributed by atoms with Gasteiger partial charge in [-0.2, -0.15) is 0 Å². The number of para-hydroxylation sites is 1. The summed E-state index contributed by atoms with van der Waals surface area (Å²) in [6.45, 7) is -0.00154. The predicted molar refractivity (Wildman–Crippen MR) is 297 cm³/mol. The molecule has 0 saturated heterocycles. The third-order valence-electron chi connectivity index (χ3n) is 16.8. The zero-order valence-corrected chi connectivity index (χ0v) is 37.2. The zero-order chi connectivity index (χ0) is 44.4. The highest BCUT2D eigenvalue weighted by molar-refractivity contribution is 7.00. The van der Waals surface area contributed by atoms with Crippen molar-refractivity contribution in [2.24, 2.45) is 0 Å². The molecule has 3 heteroatoms. The summed E-state index contributed by atoms with van der Waals surface area (Å²) >= 11 is 0. The Hall–Kier alpha value is -8.92. The fourth-order valence-electron chi connectivity index (χ4n) is 14.3. The lowest BCUT2D eigenvalue weighted by Crippen LogP contribution is -2.59. The van der Waals surface area contributed by atoms with E-state index < -0.39 is 0 Å². The van der Waals surface area contributed by atoms with Gasteiger partial charge < -0.3 is 9.13 Å². The Balaban J connectivity index is 1.11. The SMILES string of the molecule is c1cc2c3c(c1)-n1c4c(cccc4c4ccc5c6ccccc6c6ccccc6c5c41)B3c1cc3c4ccccc4c4ccccc4c3c3c4c5c6ccccc6c6ccccc6c5ccc4n-2c13. The maximum absolute atomic E-state index is 2.68. The van der Waals surface area contributed by atoms with Gasteiger partial charge in [-0.05, 0) is 115 Å². The van der Waals surface area contributed by atoms with Crippen molar-refractivity contribution in [3.05, 3.63) is 212 Å². The van der Waals surface area contributed by atoms with E-state index in [-0.39, 0.29) is 6.71 Å². The molecule has 16 aromatic rings. The topological polar surface area (TPSA) is 9.86 Å². The lowest BCUT2D eigenvalue weighted by Gasteiger charge is -2.34. The molecule has 14 aromatic carbocycles. The number of benzene rings is 14. The zero-order valence-electron chi connectivity index (χ0n) is 37.2. The van der Waals surface area contributed by atoms with Crippen LogP contribution in [-0.4, -0.2) is 15.8 Å². The number of nitrogens with zero attached hydrogens (tertiary/aromatic N) is 2. The van der Waals surface area contributed by atoms with Gasteiger partial charge in [0, 0.05) is 54.6 Å². The Morgan fingerprint density at radius 1 is 0.232 bits per heavy atom. The van der Waals surface area contributed by atoms with Crippen molar-refractivity contribution in [1.29, 1.82) is 0 Å². The first-order chi connectivity index (χ1) is 34.3. The van der Waals surface area contributed by atoms with E-state index in [1.54, 1.807) is 0 Å². The van der Waals surface area contributed by atoms with Gasteiger partial charge in [0.05, 0.1) is 16.6 Å². The number of aromatic nitrogens is 2. The van der Waals surface area contributed by atoms with E-state index in [9.17, 15) is 0 Å². The van der Waals surface area contributed by atoms with Crippen LogP contribution in [0.3, 0.4) is 0 Å². The maximum Gasteiger partial charge on any atom is 0.252 e. The molecule has 2 nitrogen and oxygen atoms in total. The Labute approximate surface area is 394 Å². The van der Waals surface area contributed by atoms with E-state index in [0.29, 0.717) is 0 Å². The third-order valence-corrected chi connectivity index (χ3v) is 16.8. The summed E-state index contributed by atoms with van der Waals surface area (Å²) in [7, 11) is 0. The summed E-state index contributed by atoms with van der Waals surface area (Å²) in [5, 5.41) is 28.8. The lowest BCUT2D eigenvalue weighted by molar-refractivity contribution is 1.15. The van der Waals surface area contributed by atoms with Crippen molar-refractivity contribution in [2.45, 2.75) is 0 Å². The van der Waals surface area contributed by atoms with Crippen LogP contribution in [0.4, 0.5) is 0 Å². The number of rotatable bonds is 0. The van der Waals surface area contributed by atoms with Crippen LogP contribution in [0.1, 0.15) is 0 Å². The minimum atomic E-state index is -0.00154. The molecule has 18 rings (SSSR count). The van der Waals surface area contributed by atoms with Crippen molar-refractivity contribution in [3.63, 3.8) is 0 Å². The van der Waals surface area contributed by atoms with E-state index in [2.05, 4.69) is 221 Å². The van der Waals surface area contributed by atoms with Crippen molar-refractivity contribution in [3.8, 4) is 11.4 Å². The van der Waals surface area contributed by atoms with Crippen molar-refractivity contribution < 1.29 is 0 Å². The quantitative estimate of drug-likeness (QED) is 0.106. The van der Waals surface area contributed by atoms with Gasteiger partial charge in [0.15, 0.2) is 0 Å². The largest absolute Gasteiger partial charge is 0.310 e. The Bertz CT molecular complexity index is 5080. The third kappa shape index (κ3) is 4.01. The molecule has 0 aliphatic carbocycles. The molecule has 4 heterocycles. The second kappa shape index (κ2) is 12.2. The van der Waals surface area contributed by atoms with Crippen LogP contribution in [0.2, 0.25) is 0 Å². The van der Waals surface area contributed by atoms with E-state index in [1.165, 1.54) is 168 Å². The normalized spacial score (nSPS) is 13.2. The van der Waals surface area contributed by atoms with E-state index in [1.807, 2.05) is 0 Å². The summed E-state index contributed by atoms with van der Waals surface area (Å²) in [4.78, 5) is 0. The Morgan fingerprint density at radius 3 is 1.20 bits per heavy atom. The average Bonchev–Trinajstić information content (AvgIpc) is 3.96. The summed E-state index contributed by atoms with van der Waals surface area (Å²) in [5.74, 6) is 0. The number of fused-ring (bicyclic) bond motifs is 31. The standard InChI is InChI=1S/C66H35BN2/c1-4-21-42-36(15-1)39-18-7-10-24-45(39)58-48(42)33-34-55-61(58)62-59-46-25-11-8-19-40(46)38-17-3-6-23-44(38)52(59)35-54-66(62)68(55)56-29-14-30-57-63(56)67(54)53-28-13-27-50-51-32-31-49-43-22-5-2-16-37(43)41-20-9-12-26-47(41)60(49)65(51)69(57)64(50)53/h1-35H. The molecular weight excluding hydrogens is 832 g/mol. The predicted octanol–water partition coefficient (Wildman–Crippen LogP) is 15.4. The molecule has 0 fully saturated rings. The lowest BCUT2D eigenvalue weighted by atomic mass is 9.34. The molecule has 2 aliphatic rings. The summed E-state index contributed by atoms with van der Waals surface area (Å²) < 4.78 is 5.35.